The minimum atomic E-state index is 0.143. The minimum Gasteiger partial charge on any atom is -0.334 e. The summed E-state index contributed by atoms with van der Waals surface area (Å²) in [6.45, 7) is 1.22. The SMILES string of the molecule is CNCC(=O)N1CCC[C@@H]1c1ccccc1Cl. The van der Waals surface area contributed by atoms with Crippen molar-refractivity contribution in [3.8, 4) is 0 Å². The van der Waals surface area contributed by atoms with E-state index < -0.39 is 0 Å². The van der Waals surface area contributed by atoms with E-state index in [0.29, 0.717) is 6.54 Å². The molecule has 0 saturated carbocycles. The van der Waals surface area contributed by atoms with E-state index in [0.717, 1.165) is 30.0 Å². The quantitative estimate of drug-likeness (QED) is 0.895. The van der Waals surface area contributed by atoms with Crippen molar-refractivity contribution in [2.75, 3.05) is 20.1 Å². The molecule has 1 atom stereocenters. The summed E-state index contributed by atoms with van der Waals surface area (Å²) in [5.41, 5.74) is 1.07. The molecule has 1 aliphatic heterocycles. The number of nitrogens with one attached hydrogen (secondary N) is 1. The molecule has 1 fully saturated rings. The fourth-order valence-electron chi connectivity index (χ4n) is 2.39. The molecule has 1 heterocycles. The van der Waals surface area contributed by atoms with Crippen molar-refractivity contribution in [2.45, 2.75) is 18.9 Å². The summed E-state index contributed by atoms with van der Waals surface area (Å²) in [7, 11) is 1.79. The van der Waals surface area contributed by atoms with Crippen molar-refractivity contribution in [1.29, 1.82) is 0 Å². The largest absolute Gasteiger partial charge is 0.334 e. The predicted molar refractivity (Wildman–Crippen MR) is 69.1 cm³/mol. The van der Waals surface area contributed by atoms with E-state index in [9.17, 15) is 4.79 Å². The Labute approximate surface area is 107 Å². The Morgan fingerprint density at radius 2 is 2.29 bits per heavy atom. The van der Waals surface area contributed by atoms with Crippen molar-refractivity contribution >= 4 is 17.5 Å². The second kappa shape index (κ2) is 5.52. The fourth-order valence-corrected chi connectivity index (χ4v) is 2.65. The molecule has 1 N–H and O–H groups in total. The van der Waals surface area contributed by atoms with E-state index >= 15 is 0 Å². The van der Waals surface area contributed by atoms with Gasteiger partial charge in [-0.1, -0.05) is 29.8 Å². The van der Waals surface area contributed by atoms with Gasteiger partial charge in [-0.2, -0.15) is 0 Å². The van der Waals surface area contributed by atoms with E-state index in [1.54, 1.807) is 7.05 Å². The number of benzene rings is 1. The zero-order chi connectivity index (χ0) is 12.3. The Kier molecular flexibility index (Phi) is 4.02. The molecule has 1 saturated heterocycles. The number of hydrogen-bond donors (Lipinski definition) is 1. The molecule has 0 radical (unpaired) electrons. The lowest BCUT2D eigenvalue weighted by molar-refractivity contribution is -0.131. The number of likely N-dealkylation sites (tertiary alicyclic amines) is 1. The predicted octanol–water partition coefficient (Wildman–Crippen LogP) is 2.22. The van der Waals surface area contributed by atoms with Gasteiger partial charge in [0, 0.05) is 11.6 Å². The van der Waals surface area contributed by atoms with Crippen LogP contribution in [0, 0.1) is 0 Å². The van der Waals surface area contributed by atoms with Crippen LogP contribution >= 0.6 is 11.6 Å². The van der Waals surface area contributed by atoms with Gasteiger partial charge in [-0.15, -0.1) is 0 Å². The van der Waals surface area contributed by atoms with Gasteiger partial charge in [0.15, 0.2) is 0 Å². The molecule has 17 heavy (non-hydrogen) atoms. The summed E-state index contributed by atoms with van der Waals surface area (Å²) in [5, 5.41) is 3.66. The average molecular weight is 253 g/mol. The van der Waals surface area contributed by atoms with Crippen LogP contribution in [0.5, 0.6) is 0 Å². The molecular formula is C13H17ClN2O. The van der Waals surface area contributed by atoms with Crippen LogP contribution in [-0.4, -0.2) is 30.9 Å². The molecule has 1 amide bonds. The highest BCUT2D eigenvalue weighted by Gasteiger charge is 2.30. The number of likely N-dealkylation sites (N-methyl/N-ethyl adjacent to an activating group) is 1. The maximum Gasteiger partial charge on any atom is 0.237 e. The molecular weight excluding hydrogens is 236 g/mol. The van der Waals surface area contributed by atoms with E-state index in [-0.39, 0.29) is 11.9 Å². The zero-order valence-electron chi connectivity index (χ0n) is 9.95. The van der Waals surface area contributed by atoms with Gasteiger partial charge in [0.05, 0.1) is 12.6 Å². The van der Waals surface area contributed by atoms with Gasteiger partial charge >= 0.3 is 0 Å². The van der Waals surface area contributed by atoms with Crippen molar-refractivity contribution in [3.05, 3.63) is 34.9 Å². The summed E-state index contributed by atoms with van der Waals surface area (Å²) in [6, 6.07) is 7.93. The molecule has 0 aromatic heterocycles. The van der Waals surface area contributed by atoms with Crippen LogP contribution in [0.25, 0.3) is 0 Å². The second-order valence-electron chi connectivity index (χ2n) is 4.30. The smallest absolute Gasteiger partial charge is 0.237 e. The highest BCUT2D eigenvalue weighted by molar-refractivity contribution is 6.31. The van der Waals surface area contributed by atoms with Gasteiger partial charge in [-0.3, -0.25) is 4.79 Å². The van der Waals surface area contributed by atoms with Crippen molar-refractivity contribution in [1.82, 2.24) is 10.2 Å². The number of carbonyl (C=O) groups is 1. The molecule has 1 aromatic carbocycles. The normalized spacial score (nSPS) is 19.6. The van der Waals surface area contributed by atoms with E-state index in [1.165, 1.54) is 0 Å². The summed E-state index contributed by atoms with van der Waals surface area (Å²) in [5.74, 6) is 0.148. The van der Waals surface area contributed by atoms with Gasteiger partial charge in [-0.05, 0) is 31.5 Å². The number of nitrogens with zero attached hydrogens (tertiary/aromatic N) is 1. The first-order valence-electron chi connectivity index (χ1n) is 5.92. The fraction of sp³-hybridized carbons (Fsp3) is 0.462. The van der Waals surface area contributed by atoms with Crippen LogP contribution < -0.4 is 5.32 Å². The molecule has 1 aromatic rings. The van der Waals surface area contributed by atoms with E-state index in [2.05, 4.69) is 5.32 Å². The molecule has 3 nitrogen and oxygen atoms in total. The summed E-state index contributed by atoms with van der Waals surface area (Å²) < 4.78 is 0. The molecule has 0 bridgehead atoms. The maximum absolute atomic E-state index is 12.0. The Morgan fingerprint density at radius 3 is 3.00 bits per heavy atom. The summed E-state index contributed by atoms with van der Waals surface area (Å²) >= 11 is 6.20. The lowest BCUT2D eigenvalue weighted by Crippen LogP contribution is -2.36. The minimum absolute atomic E-state index is 0.143. The topological polar surface area (TPSA) is 32.3 Å². The standard InChI is InChI=1S/C13H17ClN2O/c1-15-9-13(17)16-8-4-7-12(16)10-5-2-3-6-11(10)14/h2-3,5-6,12,15H,4,7-9H2,1H3/t12-/m1/s1. The Balaban J connectivity index is 2.20. The summed E-state index contributed by atoms with van der Waals surface area (Å²) in [6.07, 6.45) is 2.05. The van der Waals surface area contributed by atoms with Crippen LogP contribution in [-0.2, 0) is 4.79 Å². The lowest BCUT2D eigenvalue weighted by Gasteiger charge is -2.25. The van der Waals surface area contributed by atoms with Gasteiger partial charge in [0.2, 0.25) is 5.91 Å². The summed E-state index contributed by atoms with van der Waals surface area (Å²) in [4.78, 5) is 13.9. The third kappa shape index (κ3) is 2.61. The van der Waals surface area contributed by atoms with Crippen LogP contribution in [0.15, 0.2) is 24.3 Å². The third-order valence-corrected chi connectivity index (χ3v) is 3.51. The highest BCUT2D eigenvalue weighted by Crippen LogP contribution is 2.35. The molecule has 0 aliphatic carbocycles. The maximum atomic E-state index is 12.0. The monoisotopic (exact) mass is 252 g/mol. The zero-order valence-corrected chi connectivity index (χ0v) is 10.7. The molecule has 92 valence electrons. The lowest BCUT2D eigenvalue weighted by atomic mass is 10.0. The van der Waals surface area contributed by atoms with Crippen molar-refractivity contribution in [2.24, 2.45) is 0 Å². The average Bonchev–Trinajstić information content (AvgIpc) is 2.79. The first kappa shape index (κ1) is 12.4. The number of amides is 1. The molecule has 0 unspecified atom stereocenters. The van der Waals surface area contributed by atoms with Crippen molar-refractivity contribution < 1.29 is 4.79 Å². The first-order chi connectivity index (χ1) is 8.24. The number of hydrogen-bond acceptors (Lipinski definition) is 2. The van der Waals surface area contributed by atoms with Crippen LogP contribution in [0.4, 0.5) is 0 Å². The number of halogens is 1. The third-order valence-electron chi connectivity index (χ3n) is 3.17. The number of rotatable bonds is 3. The Bertz CT molecular complexity index is 408. The Morgan fingerprint density at radius 1 is 1.53 bits per heavy atom. The molecule has 1 aliphatic rings. The van der Waals surface area contributed by atoms with Gasteiger partial charge < -0.3 is 10.2 Å². The highest BCUT2D eigenvalue weighted by atomic mass is 35.5. The number of carbonyl (C=O) groups excluding carboxylic acids is 1. The van der Waals surface area contributed by atoms with Crippen LogP contribution in [0.2, 0.25) is 5.02 Å². The Hall–Kier alpha value is -1.06. The molecule has 2 rings (SSSR count). The van der Waals surface area contributed by atoms with Gasteiger partial charge in [0.25, 0.3) is 0 Å². The van der Waals surface area contributed by atoms with Crippen molar-refractivity contribution in [3.63, 3.8) is 0 Å². The molecule has 0 spiro atoms. The van der Waals surface area contributed by atoms with E-state index in [4.69, 9.17) is 11.6 Å². The van der Waals surface area contributed by atoms with Gasteiger partial charge in [0.1, 0.15) is 0 Å². The van der Waals surface area contributed by atoms with Crippen LogP contribution in [0.1, 0.15) is 24.4 Å². The molecule has 4 heteroatoms. The first-order valence-corrected chi connectivity index (χ1v) is 6.30. The van der Waals surface area contributed by atoms with Crippen LogP contribution in [0.3, 0.4) is 0 Å². The van der Waals surface area contributed by atoms with Gasteiger partial charge in [-0.25, -0.2) is 0 Å². The second-order valence-corrected chi connectivity index (χ2v) is 4.70. The van der Waals surface area contributed by atoms with E-state index in [1.807, 2.05) is 29.2 Å².